The van der Waals surface area contributed by atoms with Gasteiger partial charge in [-0.15, -0.1) is 0 Å². The number of hydrogen-bond donors (Lipinski definition) is 1. The molecule has 2 heterocycles. The van der Waals surface area contributed by atoms with Gasteiger partial charge >= 0.3 is 0 Å². The van der Waals surface area contributed by atoms with Crippen LogP contribution in [-0.2, 0) is 6.42 Å². The molecule has 16 heavy (non-hydrogen) atoms. The summed E-state index contributed by atoms with van der Waals surface area (Å²) in [5, 5.41) is 3.41. The van der Waals surface area contributed by atoms with Crippen LogP contribution in [0.25, 0.3) is 11.1 Å². The fourth-order valence-corrected chi connectivity index (χ4v) is 2.10. The first-order valence-electron chi connectivity index (χ1n) is 5.56. The van der Waals surface area contributed by atoms with Crippen molar-refractivity contribution >= 4 is 5.69 Å². The molecule has 0 aliphatic carbocycles. The summed E-state index contributed by atoms with van der Waals surface area (Å²) in [6, 6.07) is 6.51. The minimum Gasteiger partial charge on any atom is -0.385 e. The molecule has 80 valence electrons. The molecular weight excluding hydrogens is 198 g/mol. The number of benzene rings is 1. The van der Waals surface area contributed by atoms with E-state index in [4.69, 9.17) is 0 Å². The van der Waals surface area contributed by atoms with Crippen LogP contribution in [0.3, 0.4) is 0 Å². The highest BCUT2D eigenvalue weighted by Crippen LogP contribution is 2.27. The quantitative estimate of drug-likeness (QED) is 0.787. The summed E-state index contributed by atoms with van der Waals surface area (Å²) >= 11 is 0. The number of hydrogen-bond acceptors (Lipinski definition) is 3. The zero-order valence-electron chi connectivity index (χ0n) is 8.98. The molecule has 3 rings (SSSR count). The Labute approximate surface area is 94.6 Å². The van der Waals surface area contributed by atoms with Gasteiger partial charge < -0.3 is 5.32 Å². The second-order valence-corrected chi connectivity index (χ2v) is 4.03. The second kappa shape index (κ2) is 3.93. The average Bonchev–Trinajstić information content (AvgIpc) is 2.39. The molecule has 0 saturated heterocycles. The number of nitrogens with one attached hydrogen (secondary N) is 1. The molecule has 1 N–H and O–H groups in total. The third-order valence-corrected chi connectivity index (χ3v) is 2.94. The van der Waals surface area contributed by atoms with Crippen molar-refractivity contribution in [1.82, 2.24) is 9.97 Å². The maximum Gasteiger partial charge on any atom is 0.115 e. The standard InChI is InChI=1S/C13H13N3/c1-2-11-6-10(3-4-13(11)16-5-1)12-7-14-9-15-8-12/h3-4,6-9,16H,1-2,5H2. The van der Waals surface area contributed by atoms with Crippen molar-refractivity contribution in [3.63, 3.8) is 0 Å². The van der Waals surface area contributed by atoms with E-state index in [1.54, 1.807) is 6.33 Å². The number of rotatable bonds is 1. The van der Waals surface area contributed by atoms with Crippen LogP contribution >= 0.6 is 0 Å². The van der Waals surface area contributed by atoms with Crippen molar-refractivity contribution in [2.24, 2.45) is 0 Å². The van der Waals surface area contributed by atoms with Gasteiger partial charge in [-0.05, 0) is 36.1 Å². The van der Waals surface area contributed by atoms with Crippen LogP contribution in [0.1, 0.15) is 12.0 Å². The Kier molecular flexibility index (Phi) is 2.29. The summed E-state index contributed by atoms with van der Waals surface area (Å²) < 4.78 is 0. The smallest absolute Gasteiger partial charge is 0.115 e. The average molecular weight is 211 g/mol. The van der Waals surface area contributed by atoms with Gasteiger partial charge in [-0.1, -0.05) is 6.07 Å². The largest absolute Gasteiger partial charge is 0.385 e. The Morgan fingerprint density at radius 1 is 1.06 bits per heavy atom. The van der Waals surface area contributed by atoms with Gasteiger partial charge in [-0.25, -0.2) is 9.97 Å². The van der Waals surface area contributed by atoms with Gasteiger partial charge in [-0.3, -0.25) is 0 Å². The molecule has 1 aliphatic rings. The Balaban J connectivity index is 2.03. The zero-order valence-corrected chi connectivity index (χ0v) is 8.98. The van der Waals surface area contributed by atoms with Gasteiger partial charge in [0, 0.05) is 30.2 Å². The summed E-state index contributed by atoms with van der Waals surface area (Å²) in [5.74, 6) is 0. The van der Waals surface area contributed by atoms with Gasteiger partial charge in [0.15, 0.2) is 0 Å². The Morgan fingerprint density at radius 2 is 1.94 bits per heavy atom. The van der Waals surface area contributed by atoms with Crippen LogP contribution in [0.15, 0.2) is 36.9 Å². The van der Waals surface area contributed by atoms with Crippen LogP contribution in [0, 0.1) is 0 Å². The molecule has 2 aromatic rings. The summed E-state index contributed by atoms with van der Waals surface area (Å²) in [4.78, 5) is 8.09. The molecule has 0 amide bonds. The summed E-state index contributed by atoms with van der Waals surface area (Å²) in [7, 11) is 0. The molecule has 0 atom stereocenters. The molecule has 3 nitrogen and oxygen atoms in total. The lowest BCUT2D eigenvalue weighted by Gasteiger charge is -2.18. The van der Waals surface area contributed by atoms with E-state index >= 15 is 0 Å². The van der Waals surface area contributed by atoms with Crippen molar-refractivity contribution in [2.75, 3.05) is 11.9 Å². The van der Waals surface area contributed by atoms with E-state index < -0.39 is 0 Å². The van der Waals surface area contributed by atoms with E-state index in [9.17, 15) is 0 Å². The predicted octanol–water partition coefficient (Wildman–Crippen LogP) is 2.50. The van der Waals surface area contributed by atoms with Gasteiger partial charge in [0.05, 0.1) is 0 Å². The molecule has 0 fully saturated rings. The SMILES string of the molecule is c1ncc(-c2ccc3c(c2)CCCN3)cn1. The maximum atomic E-state index is 4.05. The van der Waals surface area contributed by atoms with E-state index in [1.165, 1.54) is 23.2 Å². The number of anilines is 1. The highest BCUT2D eigenvalue weighted by Gasteiger charge is 2.09. The van der Waals surface area contributed by atoms with Gasteiger partial charge in [0.2, 0.25) is 0 Å². The Bertz CT molecular complexity index is 494. The van der Waals surface area contributed by atoms with Crippen molar-refractivity contribution in [2.45, 2.75) is 12.8 Å². The van der Waals surface area contributed by atoms with Gasteiger partial charge in [0.25, 0.3) is 0 Å². The first-order valence-corrected chi connectivity index (χ1v) is 5.56. The van der Waals surface area contributed by atoms with Crippen LogP contribution in [0.2, 0.25) is 0 Å². The molecule has 0 bridgehead atoms. The Hall–Kier alpha value is -1.90. The first-order chi connectivity index (χ1) is 7.93. The van der Waals surface area contributed by atoms with Crippen molar-refractivity contribution in [1.29, 1.82) is 0 Å². The second-order valence-electron chi connectivity index (χ2n) is 4.03. The summed E-state index contributed by atoms with van der Waals surface area (Å²) in [6.45, 7) is 1.08. The highest BCUT2D eigenvalue weighted by atomic mass is 14.9. The van der Waals surface area contributed by atoms with Crippen LogP contribution in [0.5, 0.6) is 0 Å². The minimum absolute atomic E-state index is 1.08. The van der Waals surface area contributed by atoms with E-state index in [0.29, 0.717) is 0 Å². The molecular formula is C13H13N3. The lowest BCUT2D eigenvalue weighted by Crippen LogP contribution is -2.11. The van der Waals surface area contributed by atoms with E-state index in [2.05, 4.69) is 33.5 Å². The highest BCUT2D eigenvalue weighted by molar-refractivity contribution is 5.67. The molecule has 0 saturated carbocycles. The van der Waals surface area contributed by atoms with Crippen LogP contribution in [0.4, 0.5) is 5.69 Å². The van der Waals surface area contributed by atoms with E-state index in [0.717, 1.165) is 18.5 Å². The fourth-order valence-electron chi connectivity index (χ4n) is 2.10. The van der Waals surface area contributed by atoms with Gasteiger partial charge in [-0.2, -0.15) is 0 Å². The molecule has 0 radical (unpaired) electrons. The lowest BCUT2D eigenvalue weighted by atomic mass is 9.98. The topological polar surface area (TPSA) is 37.8 Å². The number of aromatic nitrogens is 2. The third-order valence-electron chi connectivity index (χ3n) is 2.94. The fraction of sp³-hybridized carbons (Fsp3) is 0.231. The lowest BCUT2D eigenvalue weighted by molar-refractivity contribution is 0.830. The number of nitrogens with zero attached hydrogens (tertiary/aromatic N) is 2. The zero-order chi connectivity index (χ0) is 10.8. The molecule has 1 aromatic heterocycles. The van der Waals surface area contributed by atoms with Gasteiger partial charge in [0.1, 0.15) is 6.33 Å². The summed E-state index contributed by atoms with van der Waals surface area (Å²) in [5.41, 5.74) is 4.94. The number of aryl methyl sites for hydroxylation is 1. The van der Waals surface area contributed by atoms with Crippen molar-refractivity contribution in [3.8, 4) is 11.1 Å². The van der Waals surface area contributed by atoms with Crippen LogP contribution in [-0.4, -0.2) is 16.5 Å². The summed E-state index contributed by atoms with van der Waals surface area (Å²) in [6.07, 6.45) is 7.63. The van der Waals surface area contributed by atoms with E-state index in [-0.39, 0.29) is 0 Å². The molecule has 0 unspecified atom stereocenters. The Morgan fingerprint density at radius 3 is 2.81 bits per heavy atom. The number of fused-ring (bicyclic) bond motifs is 1. The third kappa shape index (κ3) is 1.65. The predicted molar refractivity (Wildman–Crippen MR) is 64.3 cm³/mol. The monoisotopic (exact) mass is 211 g/mol. The molecule has 1 aliphatic heterocycles. The normalized spacial score (nSPS) is 14.0. The molecule has 0 spiro atoms. The molecule has 3 heteroatoms. The maximum absolute atomic E-state index is 4.05. The minimum atomic E-state index is 1.08. The van der Waals surface area contributed by atoms with Crippen LogP contribution < -0.4 is 5.32 Å². The van der Waals surface area contributed by atoms with Crippen molar-refractivity contribution in [3.05, 3.63) is 42.5 Å². The molecule has 1 aromatic carbocycles. The van der Waals surface area contributed by atoms with Crippen molar-refractivity contribution < 1.29 is 0 Å². The first kappa shape index (κ1) is 9.33. The van der Waals surface area contributed by atoms with E-state index in [1.807, 2.05) is 12.4 Å².